The average molecular weight is 299 g/mol. The van der Waals surface area contributed by atoms with Gasteiger partial charge in [-0.05, 0) is 38.2 Å². The van der Waals surface area contributed by atoms with Gasteiger partial charge in [0.25, 0.3) is 5.91 Å². The molecule has 20 heavy (non-hydrogen) atoms. The van der Waals surface area contributed by atoms with Crippen molar-refractivity contribution in [1.29, 1.82) is 0 Å². The predicted molar refractivity (Wildman–Crippen MR) is 77.5 cm³/mol. The first-order valence-corrected chi connectivity index (χ1v) is 8.19. The van der Waals surface area contributed by atoms with Crippen LogP contribution in [0.3, 0.4) is 0 Å². The summed E-state index contributed by atoms with van der Waals surface area (Å²) >= 11 is 1.79. The van der Waals surface area contributed by atoms with Crippen molar-refractivity contribution in [1.82, 2.24) is 15.1 Å². The summed E-state index contributed by atoms with van der Waals surface area (Å²) in [7, 11) is 0. The van der Waals surface area contributed by atoms with Gasteiger partial charge in [0.05, 0.1) is 0 Å². The number of nitrogens with one attached hydrogen (secondary N) is 1. The summed E-state index contributed by atoms with van der Waals surface area (Å²) in [6, 6.07) is -0.428. The zero-order chi connectivity index (χ0) is 14.8. The van der Waals surface area contributed by atoms with Crippen LogP contribution in [0.15, 0.2) is 0 Å². The molecule has 0 aromatic heterocycles. The molecule has 6 nitrogen and oxygen atoms in total. The van der Waals surface area contributed by atoms with E-state index in [2.05, 4.69) is 5.32 Å². The van der Waals surface area contributed by atoms with Gasteiger partial charge in [0, 0.05) is 13.1 Å². The Bertz CT molecular complexity index is 417. The topological polar surface area (TPSA) is 69.7 Å². The van der Waals surface area contributed by atoms with E-state index in [-0.39, 0.29) is 18.4 Å². The van der Waals surface area contributed by atoms with Crippen LogP contribution in [0.1, 0.15) is 26.7 Å². The molecule has 7 heteroatoms. The van der Waals surface area contributed by atoms with Crippen molar-refractivity contribution in [3.05, 3.63) is 0 Å². The van der Waals surface area contributed by atoms with Gasteiger partial charge in [-0.2, -0.15) is 11.8 Å². The zero-order valence-corrected chi connectivity index (χ0v) is 12.8. The van der Waals surface area contributed by atoms with E-state index >= 15 is 0 Å². The zero-order valence-electron chi connectivity index (χ0n) is 12.0. The molecule has 1 spiro atoms. The maximum absolute atomic E-state index is 12.5. The van der Waals surface area contributed by atoms with Crippen molar-refractivity contribution < 1.29 is 14.4 Å². The van der Waals surface area contributed by atoms with Crippen LogP contribution in [0.5, 0.6) is 0 Å². The van der Waals surface area contributed by atoms with Crippen molar-refractivity contribution in [2.75, 3.05) is 31.1 Å². The van der Waals surface area contributed by atoms with Crippen molar-refractivity contribution in [2.45, 2.75) is 32.2 Å². The van der Waals surface area contributed by atoms with E-state index in [4.69, 9.17) is 0 Å². The third-order valence-electron chi connectivity index (χ3n) is 4.00. The number of hydrogen-bond donors (Lipinski definition) is 1. The molecule has 1 N–H and O–H groups in total. The van der Waals surface area contributed by atoms with Crippen LogP contribution >= 0.6 is 11.8 Å². The first-order valence-electron chi connectivity index (χ1n) is 7.03. The van der Waals surface area contributed by atoms with Gasteiger partial charge in [-0.3, -0.25) is 14.5 Å². The summed E-state index contributed by atoms with van der Waals surface area (Å²) in [5.41, 5.74) is -0.758. The second-order valence-electron chi connectivity index (χ2n) is 5.08. The Kier molecular flexibility index (Phi) is 4.57. The number of thioether (sulfide) groups is 1. The molecular formula is C13H21N3O3S. The lowest BCUT2D eigenvalue weighted by atomic mass is 9.92. The largest absolute Gasteiger partial charge is 0.342 e. The number of carbonyl (C=O) groups is 3. The number of imide groups is 1. The normalized spacial score (nSPS) is 21.2. The number of nitrogens with zero attached hydrogens (tertiary/aromatic N) is 2. The average Bonchev–Trinajstić information content (AvgIpc) is 2.66. The Morgan fingerprint density at radius 1 is 1.30 bits per heavy atom. The minimum absolute atomic E-state index is 0.152. The van der Waals surface area contributed by atoms with Crippen LogP contribution in [-0.2, 0) is 9.59 Å². The van der Waals surface area contributed by atoms with E-state index in [9.17, 15) is 14.4 Å². The molecule has 0 unspecified atom stereocenters. The lowest BCUT2D eigenvalue weighted by Crippen LogP contribution is -2.50. The van der Waals surface area contributed by atoms with Crippen molar-refractivity contribution >= 4 is 29.6 Å². The van der Waals surface area contributed by atoms with Crippen LogP contribution < -0.4 is 5.32 Å². The van der Waals surface area contributed by atoms with Crippen LogP contribution in [0.25, 0.3) is 0 Å². The van der Waals surface area contributed by atoms with Crippen LogP contribution in [0.4, 0.5) is 4.79 Å². The second kappa shape index (κ2) is 6.03. The van der Waals surface area contributed by atoms with Gasteiger partial charge in [0.15, 0.2) is 0 Å². The summed E-state index contributed by atoms with van der Waals surface area (Å²) in [6.07, 6.45) is 1.30. The van der Waals surface area contributed by atoms with Gasteiger partial charge >= 0.3 is 6.03 Å². The fourth-order valence-electron chi connectivity index (χ4n) is 2.69. The first kappa shape index (κ1) is 15.2. The Balaban J connectivity index is 2.07. The number of hydrogen-bond acceptors (Lipinski definition) is 4. The molecule has 0 bridgehead atoms. The molecule has 0 atom stereocenters. The van der Waals surface area contributed by atoms with E-state index in [0.29, 0.717) is 25.9 Å². The van der Waals surface area contributed by atoms with Gasteiger partial charge in [-0.25, -0.2) is 4.79 Å². The Morgan fingerprint density at radius 3 is 2.45 bits per heavy atom. The molecule has 4 amide bonds. The second-order valence-corrected chi connectivity index (χ2v) is 6.31. The van der Waals surface area contributed by atoms with Gasteiger partial charge in [0.1, 0.15) is 12.1 Å². The van der Waals surface area contributed by atoms with Crippen molar-refractivity contribution in [2.24, 2.45) is 0 Å². The van der Waals surface area contributed by atoms with Gasteiger partial charge in [-0.15, -0.1) is 0 Å². The van der Waals surface area contributed by atoms with E-state index in [0.717, 1.165) is 16.4 Å². The maximum Gasteiger partial charge on any atom is 0.325 e. The lowest BCUT2D eigenvalue weighted by Gasteiger charge is -2.30. The Hall–Kier alpha value is -1.24. The van der Waals surface area contributed by atoms with E-state index in [1.807, 2.05) is 13.8 Å². The molecule has 112 valence electrons. The van der Waals surface area contributed by atoms with Gasteiger partial charge in [-0.1, -0.05) is 0 Å². The SMILES string of the molecule is CCN(CC)C(=O)CN1C(=O)NC2(CCSCC2)C1=O. The monoisotopic (exact) mass is 299 g/mol. The summed E-state index contributed by atoms with van der Waals surface area (Å²) < 4.78 is 0. The van der Waals surface area contributed by atoms with Crippen molar-refractivity contribution in [3.63, 3.8) is 0 Å². The molecular weight excluding hydrogens is 278 g/mol. The highest BCUT2D eigenvalue weighted by molar-refractivity contribution is 7.99. The van der Waals surface area contributed by atoms with Gasteiger partial charge < -0.3 is 10.2 Å². The highest BCUT2D eigenvalue weighted by Gasteiger charge is 2.51. The molecule has 0 aromatic carbocycles. The molecule has 2 aliphatic rings. The minimum atomic E-state index is -0.758. The summed E-state index contributed by atoms with van der Waals surface area (Å²) in [5.74, 6) is 1.32. The number of carbonyl (C=O) groups excluding carboxylic acids is 3. The van der Waals surface area contributed by atoms with Crippen molar-refractivity contribution in [3.8, 4) is 0 Å². The standard InChI is InChI=1S/C13H21N3O3S/c1-3-15(4-2)10(17)9-16-11(18)13(14-12(16)19)5-7-20-8-6-13/h3-9H2,1-2H3,(H,14,19). The predicted octanol–water partition coefficient (Wildman–Crippen LogP) is 0.672. The maximum atomic E-state index is 12.5. The van der Waals surface area contributed by atoms with E-state index in [1.165, 1.54) is 0 Å². The Morgan fingerprint density at radius 2 is 1.90 bits per heavy atom. The number of rotatable bonds is 4. The lowest BCUT2D eigenvalue weighted by molar-refractivity contribution is -0.139. The molecule has 2 saturated heterocycles. The third-order valence-corrected chi connectivity index (χ3v) is 4.99. The van der Waals surface area contributed by atoms with Crippen LogP contribution in [0.2, 0.25) is 0 Å². The Labute approximate surface area is 123 Å². The molecule has 0 saturated carbocycles. The summed E-state index contributed by atoms with van der Waals surface area (Å²) in [5, 5.41) is 2.80. The minimum Gasteiger partial charge on any atom is -0.342 e. The smallest absolute Gasteiger partial charge is 0.325 e. The summed E-state index contributed by atoms with van der Waals surface area (Å²) in [6.45, 7) is 4.78. The highest BCUT2D eigenvalue weighted by Crippen LogP contribution is 2.32. The molecule has 2 aliphatic heterocycles. The molecule has 0 aromatic rings. The van der Waals surface area contributed by atoms with Crippen LogP contribution in [0, 0.1) is 0 Å². The number of likely N-dealkylation sites (N-methyl/N-ethyl adjacent to an activating group) is 1. The number of amides is 4. The van der Waals surface area contributed by atoms with Crippen LogP contribution in [-0.4, -0.2) is 64.3 Å². The fraction of sp³-hybridized carbons (Fsp3) is 0.769. The molecule has 0 aliphatic carbocycles. The highest BCUT2D eigenvalue weighted by atomic mass is 32.2. The van der Waals surface area contributed by atoms with E-state index in [1.54, 1.807) is 16.7 Å². The first-order chi connectivity index (χ1) is 9.54. The fourth-order valence-corrected chi connectivity index (χ4v) is 3.88. The molecule has 0 radical (unpaired) electrons. The summed E-state index contributed by atoms with van der Waals surface area (Å²) in [4.78, 5) is 39.3. The number of urea groups is 1. The molecule has 2 heterocycles. The molecule has 2 rings (SSSR count). The van der Waals surface area contributed by atoms with Gasteiger partial charge in [0.2, 0.25) is 5.91 Å². The third kappa shape index (κ3) is 2.63. The molecule has 2 fully saturated rings. The van der Waals surface area contributed by atoms with E-state index < -0.39 is 11.6 Å². The quantitative estimate of drug-likeness (QED) is 0.775.